The summed E-state index contributed by atoms with van der Waals surface area (Å²) in [4.78, 5) is 19.7. The molecule has 6 nitrogen and oxygen atoms in total. The van der Waals surface area contributed by atoms with Crippen LogP contribution in [0.15, 0.2) is 48.5 Å². The van der Waals surface area contributed by atoms with E-state index in [0.29, 0.717) is 19.7 Å². The van der Waals surface area contributed by atoms with Gasteiger partial charge < -0.3 is 19.7 Å². The first-order chi connectivity index (χ1) is 14.1. The summed E-state index contributed by atoms with van der Waals surface area (Å²) in [5, 5.41) is 11.3. The highest BCUT2D eigenvalue weighted by Crippen LogP contribution is 2.37. The number of nitrogens with zero attached hydrogens (tertiary/aromatic N) is 2. The second-order valence-electron chi connectivity index (χ2n) is 7.43. The van der Waals surface area contributed by atoms with Crippen molar-refractivity contribution in [3.05, 3.63) is 65.4 Å². The first-order valence-corrected chi connectivity index (χ1v) is 10.1. The van der Waals surface area contributed by atoms with Crippen LogP contribution in [-0.2, 0) is 4.74 Å². The Morgan fingerprint density at radius 1 is 1.14 bits per heavy atom. The molecule has 2 heterocycles. The summed E-state index contributed by atoms with van der Waals surface area (Å²) in [6.45, 7) is 7.02. The highest BCUT2D eigenvalue weighted by molar-refractivity contribution is 5.85. The summed E-state index contributed by atoms with van der Waals surface area (Å²) in [5.41, 5.74) is 4.49. The van der Waals surface area contributed by atoms with E-state index in [1.54, 1.807) is 11.0 Å². The van der Waals surface area contributed by atoms with Crippen LogP contribution in [0.25, 0.3) is 10.9 Å². The lowest BCUT2D eigenvalue weighted by Gasteiger charge is -2.39. The number of ether oxygens (including phenoxy) is 1. The van der Waals surface area contributed by atoms with Gasteiger partial charge in [0.25, 0.3) is 0 Å². The zero-order valence-electron chi connectivity index (χ0n) is 16.9. The average molecular weight is 393 g/mol. The van der Waals surface area contributed by atoms with Gasteiger partial charge in [-0.05, 0) is 37.6 Å². The number of phenolic OH excluding ortho intramolecular Hbond substituents is 1. The maximum atomic E-state index is 12.1. The second-order valence-corrected chi connectivity index (χ2v) is 7.43. The molecule has 0 saturated carbocycles. The number of carbonyl (C=O) groups is 1. The van der Waals surface area contributed by atoms with Gasteiger partial charge in [-0.3, -0.25) is 4.90 Å². The predicted molar refractivity (Wildman–Crippen MR) is 113 cm³/mol. The van der Waals surface area contributed by atoms with E-state index >= 15 is 0 Å². The molecule has 1 saturated heterocycles. The molecule has 1 fully saturated rings. The number of benzene rings is 2. The molecular weight excluding hydrogens is 366 g/mol. The van der Waals surface area contributed by atoms with E-state index in [9.17, 15) is 9.90 Å². The highest BCUT2D eigenvalue weighted by atomic mass is 16.6. The van der Waals surface area contributed by atoms with Crippen LogP contribution in [-0.4, -0.2) is 58.8 Å². The zero-order valence-corrected chi connectivity index (χ0v) is 16.9. The number of aromatic hydroxyl groups is 1. The number of para-hydroxylation sites is 1. The van der Waals surface area contributed by atoms with Crippen molar-refractivity contribution in [1.82, 2.24) is 14.8 Å². The lowest BCUT2D eigenvalue weighted by Crippen LogP contribution is -2.50. The monoisotopic (exact) mass is 393 g/mol. The molecule has 1 aliphatic rings. The maximum Gasteiger partial charge on any atom is 0.409 e. The third-order valence-electron chi connectivity index (χ3n) is 5.61. The molecule has 3 aromatic rings. The Morgan fingerprint density at radius 3 is 2.62 bits per heavy atom. The second kappa shape index (κ2) is 8.17. The van der Waals surface area contributed by atoms with Crippen molar-refractivity contribution in [3.8, 4) is 5.75 Å². The fourth-order valence-electron chi connectivity index (χ4n) is 4.28. The van der Waals surface area contributed by atoms with Gasteiger partial charge in [0.2, 0.25) is 0 Å². The lowest BCUT2D eigenvalue weighted by atomic mass is 9.93. The number of aryl methyl sites for hydroxylation is 1. The van der Waals surface area contributed by atoms with Crippen LogP contribution in [0.3, 0.4) is 0 Å². The van der Waals surface area contributed by atoms with Crippen molar-refractivity contribution >= 4 is 17.0 Å². The molecule has 1 unspecified atom stereocenters. The summed E-state index contributed by atoms with van der Waals surface area (Å²) < 4.78 is 5.16. The normalized spacial score (nSPS) is 16.1. The van der Waals surface area contributed by atoms with Crippen LogP contribution in [0.1, 0.15) is 29.8 Å². The lowest BCUT2D eigenvalue weighted by molar-refractivity contribution is 0.0716. The Bertz CT molecular complexity index is 1010. The van der Waals surface area contributed by atoms with Gasteiger partial charge in [-0.1, -0.05) is 30.3 Å². The molecule has 0 radical (unpaired) electrons. The molecule has 1 aliphatic heterocycles. The third-order valence-corrected chi connectivity index (χ3v) is 5.61. The fourth-order valence-corrected chi connectivity index (χ4v) is 4.28. The molecule has 1 aromatic heterocycles. The van der Waals surface area contributed by atoms with E-state index in [1.807, 2.05) is 25.1 Å². The van der Waals surface area contributed by atoms with E-state index in [4.69, 9.17) is 4.74 Å². The summed E-state index contributed by atoms with van der Waals surface area (Å²) >= 11 is 0. The Morgan fingerprint density at radius 2 is 1.90 bits per heavy atom. The minimum atomic E-state index is -0.246. The van der Waals surface area contributed by atoms with E-state index in [2.05, 4.69) is 41.1 Å². The number of H-pyrrole nitrogens is 1. The minimum absolute atomic E-state index is 0.0115. The maximum absolute atomic E-state index is 12.1. The fraction of sp³-hybridized carbons (Fsp3) is 0.348. The van der Waals surface area contributed by atoms with Crippen molar-refractivity contribution in [2.24, 2.45) is 0 Å². The number of hydrogen-bond acceptors (Lipinski definition) is 4. The molecule has 1 atom stereocenters. The van der Waals surface area contributed by atoms with E-state index in [1.165, 1.54) is 10.9 Å². The van der Waals surface area contributed by atoms with Crippen LogP contribution < -0.4 is 0 Å². The van der Waals surface area contributed by atoms with Gasteiger partial charge in [0, 0.05) is 48.3 Å². The number of hydrogen-bond donors (Lipinski definition) is 2. The van der Waals surface area contributed by atoms with Crippen molar-refractivity contribution < 1.29 is 14.6 Å². The number of fused-ring (bicyclic) bond motifs is 1. The van der Waals surface area contributed by atoms with Gasteiger partial charge in [-0.25, -0.2) is 4.79 Å². The van der Waals surface area contributed by atoms with E-state index in [0.717, 1.165) is 29.9 Å². The molecule has 152 valence electrons. The molecule has 0 spiro atoms. The van der Waals surface area contributed by atoms with Gasteiger partial charge in [0.15, 0.2) is 0 Å². The molecule has 0 aliphatic carbocycles. The van der Waals surface area contributed by atoms with Gasteiger partial charge in [-0.2, -0.15) is 0 Å². The van der Waals surface area contributed by atoms with Crippen LogP contribution in [0, 0.1) is 6.92 Å². The SMILES string of the molecule is CCOC(=O)N1CCN(C(c2cccc(O)c2)c2c(C)[nH]c3ccccc23)CC1. The third kappa shape index (κ3) is 3.80. The topological polar surface area (TPSA) is 68.8 Å². The summed E-state index contributed by atoms with van der Waals surface area (Å²) in [5.74, 6) is 0.259. The first kappa shape index (κ1) is 19.3. The van der Waals surface area contributed by atoms with Gasteiger partial charge in [0.1, 0.15) is 5.75 Å². The smallest absolute Gasteiger partial charge is 0.409 e. The largest absolute Gasteiger partial charge is 0.508 e. The number of rotatable bonds is 4. The van der Waals surface area contributed by atoms with Crippen LogP contribution in [0.4, 0.5) is 4.79 Å². The Kier molecular flexibility index (Phi) is 5.45. The minimum Gasteiger partial charge on any atom is -0.508 e. The number of aromatic amines is 1. The van der Waals surface area contributed by atoms with Gasteiger partial charge in [-0.15, -0.1) is 0 Å². The molecule has 1 amide bonds. The summed E-state index contributed by atoms with van der Waals surface area (Å²) in [7, 11) is 0. The Balaban J connectivity index is 1.71. The molecule has 2 aromatic carbocycles. The Hall–Kier alpha value is -2.99. The molecule has 0 bridgehead atoms. The van der Waals surface area contributed by atoms with Crippen LogP contribution >= 0.6 is 0 Å². The average Bonchev–Trinajstić information content (AvgIpc) is 3.05. The number of phenols is 1. The van der Waals surface area contributed by atoms with Crippen molar-refractivity contribution in [1.29, 1.82) is 0 Å². The number of nitrogens with one attached hydrogen (secondary N) is 1. The summed E-state index contributed by atoms with van der Waals surface area (Å²) in [6, 6.07) is 15.8. The van der Waals surface area contributed by atoms with Crippen molar-refractivity contribution in [2.75, 3.05) is 32.8 Å². The predicted octanol–water partition coefficient (Wildman–Crippen LogP) is 4.05. The number of amides is 1. The van der Waals surface area contributed by atoms with Crippen LogP contribution in [0.2, 0.25) is 0 Å². The molecule has 6 heteroatoms. The zero-order chi connectivity index (χ0) is 20.4. The highest BCUT2D eigenvalue weighted by Gasteiger charge is 2.31. The van der Waals surface area contributed by atoms with E-state index in [-0.39, 0.29) is 17.9 Å². The van der Waals surface area contributed by atoms with Crippen molar-refractivity contribution in [2.45, 2.75) is 19.9 Å². The van der Waals surface area contributed by atoms with Gasteiger partial charge in [0.05, 0.1) is 12.6 Å². The molecule has 2 N–H and O–H groups in total. The van der Waals surface area contributed by atoms with Crippen LogP contribution in [0.5, 0.6) is 5.75 Å². The Labute approximate surface area is 170 Å². The molecular formula is C23H27N3O3. The standard InChI is InChI=1S/C23H27N3O3/c1-3-29-23(28)26-13-11-25(12-14-26)22(17-7-6-8-18(27)15-17)21-16(2)24-20-10-5-4-9-19(20)21/h4-10,15,22,24,27H,3,11-14H2,1-2H3. The van der Waals surface area contributed by atoms with Crippen molar-refractivity contribution in [3.63, 3.8) is 0 Å². The number of carbonyl (C=O) groups excluding carboxylic acids is 1. The first-order valence-electron chi connectivity index (χ1n) is 10.1. The number of aromatic nitrogens is 1. The molecule has 4 rings (SSSR count). The number of piperazine rings is 1. The van der Waals surface area contributed by atoms with E-state index < -0.39 is 0 Å². The van der Waals surface area contributed by atoms with Gasteiger partial charge >= 0.3 is 6.09 Å². The summed E-state index contributed by atoms with van der Waals surface area (Å²) in [6.07, 6.45) is -0.246. The quantitative estimate of drug-likeness (QED) is 0.702. The molecule has 29 heavy (non-hydrogen) atoms.